The van der Waals surface area contributed by atoms with Crippen molar-refractivity contribution in [3.63, 3.8) is 0 Å². The summed E-state index contributed by atoms with van der Waals surface area (Å²) in [6.45, 7) is 2.91. The maximum atomic E-state index is 12.9. The van der Waals surface area contributed by atoms with Crippen molar-refractivity contribution in [3.05, 3.63) is 35.4 Å². The number of aliphatic carboxylic acids is 1. The summed E-state index contributed by atoms with van der Waals surface area (Å²) >= 11 is 0. The van der Waals surface area contributed by atoms with Gasteiger partial charge in [-0.15, -0.1) is 0 Å². The number of hydrogen-bond donors (Lipinski definition) is 1. The van der Waals surface area contributed by atoms with Gasteiger partial charge in [0.25, 0.3) is 0 Å². The molecular weight excluding hydrogens is 299 g/mol. The Hall–Kier alpha value is -2.05. The lowest BCUT2D eigenvalue weighted by Gasteiger charge is -2.27. The van der Waals surface area contributed by atoms with Crippen LogP contribution in [0.2, 0.25) is 0 Å². The van der Waals surface area contributed by atoms with E-state index < -0.39 is 36.6 Å². The maximum Gasteiger partial charge on any atom is 0.416 e. The number of benzene rings is 1. The second-order valence-electron chi connectivity index (χ2n) is 5.00. The van der Waals surface area contributed by atoms with Crippen molar-refractivity contribution in [2.24, 2.45) is 0 Å². The number of carboxylic acids is 1. The molecule has 1 atom stereocenters. The number of carbonyl (C=O) groups excluding carboxylic acids is 1. The molecule has 4 nitrogen and oxygen atoms in total. The minimum atomic E-state index is -4.55. The second kappa shape index (κ2) is 7.29. The van der Waals surface area contributed by atoms with E-state index in [4.69, 9.17) is 5.11 Å². The Bertz CT molecular complexity index is 543. The minimum Gasteiger partial charge on any atom is -0.480 e. The first-order valence-corrected chi connectivity index (χ1v) is 6.83. The fourth-order valence-corrected chi connectivity index (χ4v) is 2.07. The molecule has 0 heterocycles. The van der Waals surface area contributed by atoms with E-state index >= 15 is 0 Å². The summed E-state index contributed by atoms with van der Waals surface area (Å²) in [5, 5.41) is 8.85. The van der Waals surface area contributed by atoms with Crippen molar-refractivity contribution in [1.29, 1.82) is 0 Å². The average Bonchev–Trinajstić information content (AvgIpc) is 2.43. The molecule has 0 aromatic heterocycles. The number of alkyl halides is 3. The van der Waals surface area contributed by atoms with Crippen molar-refractivity contribution in [2.75, 3.05) is 6.54 Å². The third-order valence-electron chi connectivity index (χ3n) is 3.41. The third kappa shape index (κ3) is 4.75. The molecule has 1 rings (SSSR count). The molecule has 22 heavy (non-hydrogen) atoms. The van der Waals surface area contributed by atoms with Gasteiger partial charge in [0.15, 0.2) is 0 Å². The van der Waals surface area contributed by atoms with Crippen molar-refractivity contribution >= 4 is 11.9 Å². The molecule has 0 radical (unpaired) electrons. The van der Waals surface area contributed by atoms with E-state index in [1.165, 1.54) is 18.2 Å². The molecule has 1 aromatic carbocycles. The van der Waals surface area contributed by atoms with Crippen LogP contribution in [0.15, 0.2) is 24.3 Å². The Morgan fingerprint density at radius 1 is 1.27 bits per heavy atom. The normalized spacial score (nSPS) is 12.8. The van der Waals surface area contributed by atoms with Gasteiger partial charge < -0.3 is 10.0 Å². The van der Waals surface area contributed by atoms with Gasteiger partial charge in [0.2, 0.25) is 5.91 Å². The Kier molecular flexibility index (Phi) is 5.96. The monoisotopic (exact) mass is 317 g/mol. The van der Waals surface area contributed by atoms with Crippen molar-refractivity contribution < 1.29 is 27.9 Å². The SMILES string of the molecule is CCC(C)N(CC(=O)O)C(=O)Cc1ccccc1C(F)(F)F. The van der Waals surface area contributed by atoms with E-state index in [-0.39, 0.29) is 11.6 Å². The number of amides is 1. The number of rotatable bonds is 6. The summed E-state index contributed by atoms with van der Waals surface area (Å²) in [7, 11) is 0. The lowest BCUT2D eigenvalue weighted by Crippen LogP contribution is -2.42. The van der Waals surface area contributed by atoms with Crippen LogP contribution in [0.3, 0.4) is 0 Å². The molecule has 0 spiro atoms. The number of halogens is 3. The molecule has 1 amide bonds. The number of carbonyl (C=O) groups is 2. The lowest BCUT2D eigenvalue weighted by atomic mass is 10.0. The molecular formula is C15H18F3NO3. The Labute approximate surface area is 126 Å². The van der Waals surface area contributed by atoms with E-state index in [2.05, 4.69) is 0 Å². The summed E-state index contributed by atoms with van der Waals surface area (Å²) in [5.41, 5.74) is -1.03. The molecule has 0 saturated heterocycles. The predicted octanol–water partition coefficient (Wildman–Crippen LogP) is 2.96. The smallest absolute Gasteiger partial charge is 0.416 e. The summed E-state index contributed by atoms with van der Waals surface area (Å²) < 4.78 is 38.7. The van der Waals surface area contributed by atoms with Crippen LogP contribution in [-0.4, -0.2) is 34.5 Å². The highest BCUT2D eigenvalue weighted by Gasteiger charge is 2.34. The molecule has 0 aliphatic rings. The summed E-state index contributed by atoms with van der Waals surface area (Å²) in [6, 6.07) is 4.45. The predicted molar refractivity (Wildman–Crippen MR) is 74.2 cm³/mol. The van der Waals surface area contributed by atoms with Gasteiger partial charge in [-0.3, -0.25) is 9.59 Å². The first kappa shape index (κ1) is 18.0. The molecule has 0 fully saturated rings. The second-order valence-corrected chi connectivity index (χ2v) is 5.00. The van der Waals surface area contributed by atoms with Gasteiger partial charge in [-0.25, -0.2) is 0 Å². The molecule has 7 heteroatoms. The summed E-state index contributed by atoms with van der Waals surface area (Å²) in [5.74, 6) is -1.83. The Morgan fingerprint density at radius 3 is 2.36 bits per heavy atom. The Morgan fingerprint density at radius 2 is 1.86 bits per heavy atom. The van der Waals surface area contributed by atoms with Crippen molar-refractivity contribution in [2.45, 2.75) is 38.9 Å². The zero-order valence-corrected chi connectivity index (χ0v) is 12.4. The van der Waals surface area contributed by atoms with Gasteiger partial charge in [0, 0.05) is 6.04 Å². The van der Waals surface area contributed by atoms with Gasteiger partial charge in [0.05, 0.1) is 12.0 Å². The fraction of sp³-hybridized carbons (Fsp3) is 0.467. The van der Waals surface area contributed by atoms with Crippen LogP contribution in [0.25, 0.3) is 0 Å². The summed E-state index contributed by atoms with van der Waals surface area (Å²) in [6.07, 6.45) is -4.52. The molecule has 122 valence electrons. The van der Waals surface area contributed by atoms with Gasteiger partial charge >= 0.3 is 12.1 Å². The topological polar surface area (TPSA) is 57.6 Å². The zero-order valence-electron chi connectivity index (χ0n) is 12.4. The molecule has 1 unspecified atom stereocenters. The van der Waals surface area contributed by atoms with E-state index in [9.17, 15) is 22.8 Å². The molecule has 0 aliphatic carbocycles. The van der Waals surface area contributed by atoms with Crippen LogP contribution in [-0.2, 0) is 22.2 Å². The van der Waals surface area contributed by atoms with Crippen molar-refractivity contribution in [3.8, 4) is 0 Å². The first-order valence-electron chi connectivity index (χ1n) is 6.83. The van der Waals surface area contributed by atoms with Gasteiger partial charge in [-0.1, -0.05) is 25.1 Å². The van der Waals surface area contributed by atoms with Crippen LogP contribution in [0, 0.1) is 0 Å². The van der Waals surface area contributed by atoms with E-state index in [0.29, 0.717) is 6.42 Å². The van der Waals surface area contributed by atoms with Crippen LogP contribution in [0.4, 0.5) is 13.2 Å². The maximum absolute atomic E-state index is 12.9. The highest BCUT2D eigenvalue weighted by atomic mass is 19.4. The Balaban J connectivity index is 3.02. The third-order valence-corrected chi connectivity index (χ3v) is 3.41. The minimum absolute atomic E-state index is 0.154. The largest absolute Gasteiger partial charge is 0.480 e. The van der Waals surface area contributed by atoms with Crippen LogP contribution in [0.5, 0.6) is 0 Å². The lowest BCUT2D eigenvalue weighted by molar-refractivity contribution is -0.146. The summed E-state index contributed by atoms with van der Waals surface area (Å²) in [4.78, 5) is 24.2. The zero-order chi connectivity index (χ0) is 16.9. The van der Waals surface area contributed by atoms with E-state index in [0.717, 1.165) is 11.0 Å². The first-order chi connectivity index (χ1) is 10.2. The quantitative estimate of drug-likeness (QED) is 0.877. The average molecular weight is 317 g/mol. The molecule has 1 aromatic rings. The van der Waals surface area contributed by atoms with Crippen LogP contribution >= 0.6 is 0 Å². The molecule has 0 aliphatic heterocycles. The fourth-order valence-electron chi connectivity index (χ4n) is 2.07. The van der Waals surface area contributed by atoms with Gasteiger partial charge in [-0.05, 0) is 25.0 Å². The molecule has 0 saturated carbocycles. The number of nitrogens with zero attached hydrogens (tertiary/aromatic N) is 1. The number of hydrogen-bond acceptors (Lipinski definition) is 2. The van der Waals surface area contributed by atoms with Gasteiger partial charge in [-0.2, -0.15) is 13.2 Å². The molecule has 1 N–H and O–H groups in total. The van der Waals surface area contributed by atoms with Gasteiger partial charge in [0.1, 0.15) is 6.54 Å². The van der Waals surface area contributed by atoms with Crippen LogP contribution < -0.4 is 0 Å². The standard InChI is InChI=1S/C15H18F3NO3/c1-3-10(2)19(9-14(21)22)13(20)8-11-6-4-5-7-12(11)15(16,17)18/h4-7,10H,3,8-9H2,1-2H3,(H,21,22). The molecule has 0 bridgehead atoms. The van der Waals surface area contributed by atoms with E-state index in [1.54, 1.807) is 13.8 Å². The highest BCUT2D eigenvalue weighted by molar-refractivity contribution is 5.83. The van der Waals surface area contributed by atoms with Crippen LogP contribution in [0.1, 0.15) is 31.4 Å². The van der Waals surface area contributed by atoms with E-state index in [1.807, 2.05) is 0 Å². The highest BCUT2D eigenvalue weighted by Crippen LogP contribution is 2.32. The number of carboxylic acid groups (broad SMARTS) is 1. The van der Waals surface area contributed by atoms with Crippen molar-refractivity contribution in [1.82, 2.24) is 4.90 Å².